The summed E-state index contributed by atoms with van der Waals surface area (Å²) in [5.74, 6) is -1.17. The number of nitrogens with two attached hydrogens (primary N) is 1. The Morgan fingerprint density at radius 3 is 2.84 bits per heavy atom. The van der Waals surface area contributed by atoms with E-state index in [-0.39, 0.29) is 23.9 Å². The number of aromatic amines is 1. The van der Waals surface area contributed by atoms with Crippen molar-refractivity contribution in [1.82, 2.24) is 10.2 Å². The molecule has 4 aromatic rings. The first-order valence-electron chi connectivity index (χ1n) is 9.84. The van der Waals surface area contributed by atoms with Crippen molar-refractivity contribution in [3.05, 3.63) is 81.2 Å². The van der Waals surface area contributed by atoms with Gasteiger partial charge in [0.1, 0.15) is 11.2 Å². The molecule has 2 aromatic heterocycles. The molecule has 1 unspecified atom stereocenters. The number of carbonyl (C=O) groups excluding carboxylic acids is 1. The van der Waals surface area contributed by atoms with Crippen LogP contribution in [-0.4, -0.2) is 22.8 Å². The van der Waals surface area contributed by atoms with E-state index in [9.17, 15) is 9.59 Å². The third-order valence-electron chi connectivity index (χ3n) is 5.48. The number of nitrogens with one attached hydrogen (secondary N) is 1. The number of benzene rings is 2. The number of rotatable bonds is 3. The highest BCUT2D eigenvalue weighted by Crippen LogP contribution is 2.45. The maximum Gasteiger partial charge on any atom is 0.340 e. The monoisotopic (exact) mass is 417 g/mol. The normalized spacial score (nSPS) is 15.7. The molecule has 0 radical (unpaired) electrons. The Kier molecular flexibility index (Phi) is 4.28. The van der Waals surface area contributed by atoms with Crippen LogP contribution in [0.1, 0.15) is 29.7 Å². The summed E-state index contributed by atoms with van der Waals surface area (Å²) in [6.07, 6.45) is 0. The molecule has 8 nitrogen and oxygen atoms in total. The molecule has 8 heteroatoms. The first kappa shape index (κ1) is 18.9. The minimum absolute atomic E-state index is 0.107. The van der Waals surface area contributed by atoms with Crippen molar-refractivity contribution in [3.63, 3.8) is 0 Å². The number of esters is 1. The number of hydrogen-bond acceptors (Lipinski definition) is 7. The average Bonchev–Trinajstić information content (AvgIpc) is 3.12. The lowest BCUT2D eigenvalue weighted by Crippen LogP contribution is -2.28. The summed E-state index contributed by atoms with van der Waals surface area (Å²) in [5.41, 5.74) is 8.05. The largest absolute Gasteiger partial charge is 0.462 e. The van der Waals surface area contributed by atoms with Gasteiger partial charge in [0, 0.05) is 28.1 Å². The van der Waals surface area contributed by atoms with Crippen molar-refractivity contribution >= 4 is 27.7 Å². The second-order valence-electron chi connectivity index (χ2n) is 7.29. The number of H-pyrrole nitrogens is 1. The van der Waals surface area contributed by atoms with Crippen LogP contribution >= 0.6 is 0 Å². The number of aromatic nitrogens is 2. The molecule has 31 heavy (non-hydrogen) atoms. The SMILES string of the molecule is CCOC(=O)C1=C(N)Oc2n[nH]c(C)c2C1c1cc(=O)oc2c1ccc1ccccc12. The van der Waals surface area contributed by atoms with Crippen molar-refractivity contribution in [3.8, 4) is 5.88 Å². The molecule has 1 aliphatic rings. The standard InChI is InChI=1S/C23H19N3O5/c1-3-29-23(28)19-18(17-11(2)25-26-22(17)31-21(19)24)15-10-16(27)30-20-13-7-5-4-6-12(13)8-9-14(15)20/h4-10,18H,3,24H2,1-2H3,(H,25,26). The summed E-state index contributed by atoms with van der Waals surface area (Å²) in [4.78, 5) is 25.5. The fourth-order valence-corrected chi connectivity index (χ4v) is 4.17. The van der Waals surface area contributed by atoms with Gasteiger partial charge in [-0.3, -0.25) is 5.10 Å². The molecular weight excluding hydrogens is 398 g/mol. The highest BCUT2D eigenvalue weighted by molar-refractivity contribution is 6.06. The minimum Gasteiger partial charge on any atom is -0.462 e. The van der Waals surface area contributed by atoms with Gasteiger partial charge in [0.2, 0.25) is 11.8 Å². The van der Waals surface area contributed by atoms with Gasteiger partial charge in [-0.1, -0.05) is 36.4 Å². The van der Waals surface area contributed by atoms with E-state index in [4.69, 9.17) is 19.6 Å². The van der Waals surface area contributed by atoms with Gasteiger partial charge < -0.3 is 19.6 Å². The van der Waals surface area contributed by atoms with Crippen molar-refractivity contribution in [2.45, 2.75) is 19.8 Å². The van der Waals surface area contributed by atoms with Crippen molar-refractivity contribution in [1.29, 1.82) is 0 Å². The molecule has 0 bridgehead atoms. The molecule has 3 N–H and O–H groups in total. The number of carbonyl (C=O) groups is 1. The Morgan fingerprint density at radius 1 is 1.23 bits per heavy atom. The number of hydrogen-bond donors (Lipinski definition) is 2. The lowest BCUT2D eigenvalue weighted by atomic mass is 9.82. The first-order chi connectivity index (χ1) is 15.0. The fourth-order valence-electron chi connectivity index (χ4n) is 4.17. The van der Waals surface area contributed by atoms with Gasteiger partial charge >= 0.3 is 11.6 Å². The van der Waals surface area contributed by atoms with E-state index in [2.05, 4.69) is 10.2 Å². The van der Waals surface area contributed by atoms with E-state index < -0.39 is 17.5 Å². The lowest BCUT2D eigenvalue weighted by molar-refractivity contribution is -0.139. The van der Waals surface area contributed by atoms with Crippen LogP contribution < -0.4 is 16.1 Å². The quantitative estimate of drug-likeness (QED) is 0.298. The Hall–Kier alpha value is -4.07. The summed E-state index contributed by atoms with van der Waals surface area (Å²) >= 11 is 0. The molecule has 0 saturated carbocycles. The van der Waals surface area contributed by atoms with E-state index in [1.54, 1.807) is 6.92 Å². The third-order valence-corrected chi connectivity index (χ3v) is 5.48. The Labute approximate surface area is 176 Å². The molecule has 0 spiro atoms. The Bertz CT molecular complexity index is 1450. The maximum absolute atomic E-state index is 12.9. The van der Waals surface area contributed by atoms with E-state index in [1.165, 1.54) is 6.07 Å². The molecule has 0 aliphatic carbocycles. The topological polar surface area (TPSA) is 120 Å². The Balaban J connectivity index is 1.87. The van der Waals surface area contributed by atoms with Crippen LogP contribution in [-0.2, 0) is 9.53 Å². The average molecular weight is 417 g/mol. The highest BCUT2D eigenvalue weighted by atomic mass is 16.5. The maximum atomic E-state index is 12.9. The Morgan fingerprint density at radius 2 is 2.03 bits per heavy atom. The molecule has 0 saturated heterocycles. The summed E-state index contributed by atoms with van der Waals surface area (Å²) in [6.45, 7) is 3.69. The van der Waals surface area contributed by atoms with Gasteiger partial charge in [-0.15, -0.1) is 5.10 Å². The van der Waals surface area contributed by atoms with Crippen LogP contribution in [0.25, 0.3) is 21.7 Å². The summed E-state index contributed by atoms with van der Waals surface area (Å²) in [5, 5.41) is 9.45. The van der Waals surface area contributed by atoms with Gasteiger partial charge in [0.15, 0.2) is 0 Å². The van der Waals surface area contributed by atoms with Gasteiger partial charge in [-0.05, 0) is 24.8 Å². The molecule has 1 atom stereocenters. The lowest BCUT2D eigenvalue weighted by Gasteiger charge is -2.26. The number of nitrogens with zero attached hydrogens (tertiary/aromatic N) is 1. The van der Waals surface area contributed by atoms with E-state index in [0.717, 1.165) is 10.8 Å². The van der Waals surface area contributed by atoms with Gasteiger partial charge in [-0.25, -0.2) is 9.59 Å². The van der Waals surface area contributed by atoms with Crippen LogP contribution in [0.3, 0.4) is 0 Å². The second-order valence-corrected chi connectivity index (χ2v) is 7.29. The molecule has 2 aromatic carbocycles. The van der Waals surface area contributed by atoms with Gasteiger partial charge in [0.25, 0.3) is 0 Å². The van der Waals surface area contributed by atoms with Crippen molar-refractivity contribution < 1.29 is 18.7 Å². The van der Waals surface area contributed by atoms with Crippen molar-refractivity contribution in [2.24, 2.45) is 5.73 Å². The second kappa shape index (κ2) is 7.02. The summed E-state index contributed by atoms with van der Waals surface area (Å²) in [6, 6.07) is 12.8. The zero-order valence-electron chi connectivity index (χ0n) is 16.9. The van der Waals surface area contributed by atoms with Gasteiger partial charge in [0.05, 0.1) is 12.5 Å². The molecular formula is C23H19N3O5. The van der Waals surface area contributed by atoms with Crippen LogP contribution in [0.4, 0.5) is 0 Å². The molecule has 1 aliphatic heterocycles. The molecule has 3 heterocycles. The predicted molar refractivity (Wildman–Crippen MR) is 114 cm³/mol. The van der Waals surface area contributed by atoms with Gasteiger partial charge in [-0.2, -0.15) is 0 Å². The number of aryl methyl sites for hydroxylation is 1. The van der Waals surface area contributed by atoms with E-state index in [1.807, 2.05) is 43.3 Å². The van der Waals surface area contributed by atoms with Crippen LogP contribution in [0.2, 0.25) is 0 Å². The highest BCUT2D eigenvalue weighted by Gasteiger charge is 2.39. The van der Waals surface area contributed by atoms with Crippen LogP contribution in [0.15, 0.2) is 63.1 Å². The van der Waals surface area contributed by atoms with E-state index >= 15 is 0 Å². The third kappa shape index (κ3) is 2.87. The number of fused-ring (bicyclic) bond motifs is 4. The smallest absolute Gasteiger partial charge is 0.340 e. The fraction of sp³-hybridized carbons (Fsp3) is 0.174. The van der Waals surface area contributed by atoms with E-state index in [0.29, 0.717) is 27.8 Å². The predicted octanol–water partition coefficient (Wildman–Crippen LogP) is 3.24. The molecule has 156 valence electrons. The van der Waals surface area contributed by atoms with Crippen LogP contribution in [0, 0.1) is 6.92 Å². The zero-order chi connectivity index (χ0) is 21.7. The van der Waals surface area contributed by atoms with Crippen LogP contribution in [0.5, 0.6) is 5.88 Å². The summed E-state index contributed by atoms with van der Waals surface area (Å²) < 4.78 is 16.5. The first-order valence-corrected chi connectivity index (χ1v) is 9.84. The van der Waals surface area contributed by atoms with Crippen molar-refractivity contribution in [2.75, 3.05) is 6.61 Å². The zero-order valence-corrected chi connectivity index (χ0v) is 16.9. The molecule has 5 rings (SSSR count). The molecule has 0 fully saturated rings. The number of ether oxygens (including phenoxy) is 2. The molecule has 0 amide bonds. The summed E-state index contributed by atoms with van der Waals surface area (Å²) in [7, 11) is 0. The minimum atomic E-state index is -0.714.